The largest absolute Gasteiger partial charge is 0.433 e. The minimum absolute atomic E-state index is 0.0510. The number of rotatable bonds is 1. The molecule has 1 aliphatic heterocycles. The standard InChI is InChI=1S/C13H9F3N4OS/c1-5-2-3-22-9(5)7-6(4-17)11(18)21-12-8(7)10(19-20-12)13(14,15)16/h2-3,7H,18H2,1H3,(H,19,20)/t7-/m1/s1. The van der Waals surface area contributed by atoms with Crippen LogP contribution in [-0.2, 0) is 6.18 Å². The van der Waals surface area contributed by atoms with Crippen LogP contribution >= 0.6 is 11.3 Å². The van der Waals surface area contributed by atoms with Gasteiger partial charge in [0.25, 0.3) is 0 Å². The number of aromatic amines is 1. The van der Waals surface area contributed by atoms with Crippen molar-refractivity contribution in [3.63, 3.8) is 0 Å². The molecule has 2 aromatic heterocycles. The Morgan fingerprint density at radius 3 is 2.77 bits per heavy atom. The van der Waals surface area contributed by atoms with E-state index in [2.05, 4.69) is 5.10 Å². The highest BCUT2D eigenvalue weighted by atomic mass is 32.1. The number of H-pyrrole nitrogens is 1. The molecule has 9 heteroatoms. The molecule has 22 heavy (non-hydrogen) atoms. The summed E-state index contributed by atoms with van der Waals surface area (Å²) < 4.78 is 44.7. The fourth-order valence-electron chi connectivity index (χ4n) is 2.40. The van der Waals surface area contributed by atoms with Crippen molar-refractivity contribution in [2.24, 2.45) is 5.73 Å². The second-order valence-corrected chi connectivity index (χ2v) is 5.66. The third kappa shape index (κ3) is 2.03. The van der Waals surface area contributed by atoms with E-state index in [1.165, 1.54) is 11.3 Å². The summed E-state index contributed by atoms with van der Waals surface area (Å²) in [4.78, 5) is 0.607. The van der Waals surface area contributed by atoms with Crippen LogP contribution in [0.4, 0.5) is 13.2 Å². The van der Waals surface area contributed by atoms with Gasteiger partial charge in [0.2, 0.25) is 11.8 Å². The van der Waals surface area contributed by atoms with Gasteiger partial charge in [-0.25, -0.2) is 0 Å². The Morgan fingerprint density at radius 2 is 2.23 bits per heavy atom. The molecular weight excluding hydrogens is 317 g/mol. The van der Waals surface area contributed by atoms with Gasteiger partial charge in [-0.15, -0.1) is 16.4 Å². The third-order valence-corrected chi connectivity index (χ3v) is 4.47. The topological polar surface area (TPSA) is 87.7 Å². The van der Waals surface area contributed by atoms with Crippen LogP contribution in [0, 0.1) is 18.3 Å². The molecule has 0 saturated heterocycles. The molecule has 0 aliphatic carbocycles. The first-order valence-corrected chi connectivity index (χ1v) is 6.99. The molecule has 0 saturated carbocycles. The van der Waals surface area contributed by atoms with Crippen molar-refractivity contribution in [3.8, 4) is 11.9 Å². The number of thiophene rings is 1. The molecule has 5 nitrogen and oxygen atoms in total. The minimum Gasteiger partial charge on any atom is -0.420 e. The van der Waals surface area contributed by atoms with E-state index in [1.54, 1.807) is 18.4 Å². The maximum atomic E-state index is 13.2. The van der Waals surface area contributed by atoms with E-state index in [-0.39, 0.29) is 22.9 Å². The van der Waals surface area contributed by atoms with E-state index in [0.717, 1.165) is 5.56 Å². The second-order valence-electron chi connectivity index (χ2n) is 4.71. The van der Waals surface area contributed by atoms with Crippen LogP contribution in [0.1, 0.15) is 27.6 Å². The minimum atomic E-state index is -4.64. The molecule has 1 atom stereocenters. The number of hydrogen-bond acceptors (Lipinski definition) is 5. The van der Waals surface area contributed by atoms with Crippen molar-refractivity contribution in [1.82, 2.24) is 10.2 Å². The van der Waals surface area contributed by atoms with E-state index in [4.69, 9.17) is 10.5 Å². The van der Waals surface area contributed by atoms with Gasteiger partial charge in [0.1, 0.15) is 17.3 Å². The van der Waals surface area contributed by atoms with Crippen LogP contribution in [0.5, 0.6) is 5.88 Å². The number of hydrogen-bond donors (Lipinski definition) is 2. The molecule has 3 rings (SSSR count). The number of aryl methyl sites for hydroxylation is 1. The molecule has 3 N–H and O–H groups in total. The maximum Gasteiger partial charge on any atom is 0.433 e. The number of fused-ring (bicyclic) bond motifs is 1. The van der Waals surface area contributed by atoms with Crippen LogP contribution < -0.4 is 10.5 Å². The number of nitrogens with two attached hydrogens (primary N) is 1. The molecule has 0 bridgehead atoms. The van der Waals surface area contributed by atoms with Gasteiger partial charge >= 0.3 is 6.18 Å². The molecule has 0 amide bonds. The van der Waals surface area contributed by atoms with Crippen molar-refractivity contribution in [1.29, 1.82) is 5.26 Å². The lowest BCUT2D eigenvalue weighted by atomic mass is 9.87. The number of alkyl halides is 3. The zero-order valence-electron chi connectivity index (χ0n) is 11.2. The van der Waals surface area contributed by atoms with Crippen molar-refractivity contribution in [2.45, 2.75) is 19.0 Å². The number of allylic oxidation sites excluding steroid dienone is 1. The first kappa shape index (κ1) is 14.5. The summed E-state index contributed by atoms with van der Waals surface area (Å²) in [5.74, 6) is -1.42. The SMILES string of the molecule is Cc1ccsc1[C@@H]1C(C#N)=C(N)Oc2n[nH]c(C(F)(F)F)c21. The third-order valence-electron chi connectivity index (χ3n) is 3.39. The van der Waals surface area contributed by atoms with Crippen molar-refractivity contribution in [3.05, 3.63) is 44.6 Å². The van der Waals surface area contributed by atoms with Crippen LogP contribution in [-0.4, -0.2) is 10.2 Å². The summed E-state index contributed by atoms with van der Waals surface area (Å²) in [6.07, 6.45) is -4.64. The Labute approximate surface area is 126 Å². The summed E-state index contributed by atoms with van der Waals surface area (Å²) in [6, 6.07) is 3.63. The summed E-state index contributed by atoms with van der Waals surface area (Å²) in [7, 11) is 0. The lowest BCUT2D eigenvalue weighted by Gasteiger charge is -2.23. The Kier molecular flexibility index (Phi) is 3.14. The number of ether oxygens (including phenoxy) is 1. The Morgan fingerprint density at radius 1 is 1.50 bits per heavy atom. The first-order chi connectivity index (χ1) is 10.3. The molecule has 0 unspecified atom stereocenters. The molecule has 2 aromatic rings. The average Bonchev–Trinajstić information content (AvgIpc) is 3.02. The molecule has 114 valence electrons. The summed E-state index contributed by atoms with van der Waals surface area (Å²) >= 11 is 1.26. The summed E-state index contributed by atoms with van der Waals surface area (Å²) in [5.41, 5.74) is 5.17. The lowest BCUT2D eigenvalue weighted by Crippen LogP contribution is -2.22. The molecule has 0 aromatic carbocycles. The maximum absolute atomic E-state index is 13.2. The number of aromatic nitrogens is 2. The molecule has 1 aliphatic rings. The zero-order chi connectivity index (χ0) is 16.1. The lowest BCUT2D eigenvalue weighted by molar-refractivity contribution is -0.141. The fourth-order valence-corrected chi connectivity index (χ4v) is 3.45. The zero-order valence-corrected chi connectivity index (χ0v) is 12.0. The molecule has 0 radical (unpaired) electrons. The Balaban J connectivity index is 2.30. The molecule has 3 heterocycles. The Hall–Kier alpha value is -2.47. The average molecular weight is 326 g/mol. The number of nitrogens with one attached hydrogen (secondary N) is 1. The van der Waals surface area contributed by atoms with E-state index < -0.39 is 17.8 Å². The van der Waals surface area contributed by atoms with Crippen molar-refractivity contribution in [2.75, 3.05) is 0 Å². The smallest absolute Gasteiger partial charge is 0.420 e. The second kappa shape index (κ2) is 4.78. The molecular formula is C13H9F3N4OS. The first-order valence-electron chi connectivity index (χ1n) is 6.11. The molecule has 0 fully saturated rings. The van der Waals surface area contributed by atoms with E-state index >= 15 is 0 Å². The highest BCUT2D eigenvalue weighted by Crippen LogP contribution is 2.48. The van der Waals surface area contributed by atoms with E-state index in [1.807, 2.05) is 11.2 Å². The van der Waals surface area contributed by atoms with Crippen LogP contribution in [0.15, 0.2) is 22.9 Å². The number of nitrogens with zero attached hydrogens (tertiary/aromatic N) is 2. The van der Waals surface area contributed by atoms with Crippen molar-refractivity contribution < 1.29 is 17.9 Å². The van der Waals surface area contributed by atoms with Gasteiger partial charge in [-0.3, -0.25) is 5.10 Å². The predicted molar refractivity (Wildman–Crippen MR) is 71.9 cm³/mol. The van der Waals surface area contributed by atoms with Crippen molar-refractivity contribution >= 4 is 11.3 Å². The van der Waals surface area contributed by atoms with Gasteiger partial charge in [0.15, 0.2) is 0 Å². The predicted octanol–water partition coefficient (Wildman–Crippen LogP) is 3.02. The number of halogens is 3. The van der Waals surface area contributed by atoms with E-state index in [0.29, 0.717) is 4.88 Å². The normalized spacial score (nSPS) is 17.9. The Bertz CT molecular complexity index is 812. The monoisotopic (exact) mass is 326 g/mol. The highest BCUT2D eigenvalue weighted by molar-refractivity contribution is 7.10. The van der Waals surface area contributed by atoms with Crippen LogP contribution in [0.25, 0.3) is 0 Å². The number of nitriles is 1. The van der Waals surface area contributed by atoms with Gasteiger partial charge in [0, 0.05) is 4.88 Å². The quantitative estimate of drug-likeness (QED) is 0.843. The van der Waals surface area contributed by atoms with Crippen LogP contribution in [0.3, 0.4) is 0 Å². The van der Waals surface area contributed by atoms with Gasteiger partial charge < -0.3 is 10.5 Å². The fraction of sp³-hybridized carbons (Fsp3) is 0.231. The highest BCUT2D eigenvalue weighted by Gasteiger charge is 2.45. The van der Waals surface area contributed by atoms with Gasteiger partial charge in [-0.1, -0.05) is 0 Å². The van der Waals surface area contributed by atoms with Crippen LogP contribution in [0.2, 0.25) is 0 Å². The summed E-state index contributed by atoms with van der Waals surface area (Å²) in [5, 5.41) is 16.5. The van der Waals surface area contributed by atoms with Gasteiger partial charge in [0.05, 0.1) is 11.5 Å². The summed E-state index contributed by atoms with van der Waals surface area (Å²) in [6.45, 7) is 1.76. The molecule has 0 spiro atoms. The van der Waals surface area contributed by atoms with Gasteiger partial charge in [-0.05, 0) is 23.9 Å². The van der Waals surface area contributed by atoms with E-state index in [9.17, 15) is 18.4 Å². The van der Waals surface area contributed by atoms with Gasteiger partial charge in [-0.2, -0.15) is 18.4 Å².